The number of amides is 2. The van der Waals surface area contributed by atoms with Gasteiger partial charge in [-0.2, -0.15) is 0 Å². The Labute approximate surface area is 364 Å². The van der Waals surface area contributed by atoms with Gasteiger partial charge in [-0.05, 0) is 86.6 Å². The molecule has 3 aliphatic rings. The minimum Gasteiger partial charge on any atom is -0.458 e. The molecule has 0 spiro atoms. The fraction of sp³-hybridized carbons (Fsp3) is 0.761. The van der Waals surface area contributed by atoms with Crippen molar-refractivity contribution in [2.45, 2.75) is 136 Å². The van der Waals surface area contributed by atoms with E-state index in [4.69, 9.17) is 28.4 Å². The highest BCUT2D eigenvalue weighted by atomic mass is 16.7. The molecule has 3 saturated heterocycles. The van der Waals surface area contributed by atoms with Crippen LogP contribution in [0.3, 0.4) is 0 Å². The maximum Gasteiger partial charge on any atom is 0.410 e. The lowest BCUT2D eigenvalue weighted by atomic mass is 9.77. The van der Waals surface area contributed by atoms with Crippen molar-refractivity contribution in [2.24, 2.45) is 29.6 Å². The van der Waals surface area contributed by atoms with Gasteiger partial charge in [-0.25, -0.2) is 4.79 Å². The maximum atomic E-state index is 14.6. The van der Waals surface area contributed by atoms with Gasteiger partial charge in [0.25, 0.3) is 0 Å². The number of benzene rings is 1. The molecule has 3 heterocycles. The smallest absolute Gasteiger partial charge is 0.410 e. The highest BCUT2D eigenvalue weighted by molar-refractivity contribution is 6.00. The molecule has 344 valence electrons. The Bertz CT molecular complexity index is 1660. The number of likely N-dealkylation sites (N-methyl/N-ethyl adjacent to an activating group) is 2. The molecular weight excluding hydrogens is 785 g/mol. The van der Waals surface area contributed by atoms with Gasteiger partial charge in [0.05, 0.1) is 30.8 Å². The molecule has 0 bridgehead atoms. The Morgan fingerprint density at radius 2 is 1.62 bits per heavy atom. The van der Waals surface area contributed by atoms with Crippen molar-refractivity contribution in [1.82, 2.24) is 19.6 Å². The molecule has 0 aromatic heterocycles. The molecule has 0 N–H and O–H groups in total. The highest BCUT2D eigenvalue weighted by Gasteiger charge is 2.57. The summed E-state index contributed by atoms with van der Waals surface area (Å²) < 4.78 is 38.3. The van der Waals surface area contributed by atoms with Crippen LogP contribution >= 0.6 is 0 Å². The summed E-state index contributed by atoms with van der Waals surface area (Å²) in [4.78, 5) is 76.3. The molecule has 4 rings (SSSR count). The standard InChI is InChI=1S/C46H74N4O11/c1-15-37-46(8)35(22-39(52)61-46)32(6)50(44(55)57-27-33-19-17-16-18-20-33)24-28(2)23-45(7,56-14)41(30(4)40(53)31(5)42(54)59-37)60-43-29(3)36(48(11)12)21-34(58-43)25-49(13)38(51)26-47(9)10/h16-20,28-32,34-37,41,43H,15,21-27H2,1-14H3/t28-,29-,30+,31?,32-,34+,35-,36?,37-,41-,43+,45-,46+/m1/s1. The number of Topliss-reactive ketones (excluding diaryl/α,β-unsaturated/α-hetero) is 1. The van der Waals surface area contributed by atoms with Gasteiger partial charge in [-0.3, -0.25) is 19.2 Å². The second kappa shape index (κ2) is 21.2. The van der Waals surface area contributed by atoms with E-state index in [9.17, 15) is 24.0 Å². The maximum absolute atomic E-state index is 14.6. The first-order chi connectivity index (χ1) is 28.6. The van der Waals surface area contributed by atoms with E-state index in [2.05, 4.69) is 4.90 Å². The molecule has 13 atom stereocenters. The number of rotatable bonds is 11. The zero-order chi connectivity index (χ0) is 45.6. The van der Waals surface area contributed by atoms with E-state index in [1.807, 2.05) is 98.0 Å². The first kappa shape index (κ1) is 50.0. The van der Waals surface area contributed by atoms with Crippen LogP contribution in [-0.2, 0) is 54.2 Å². The molecule has 61 heavy (non-hydrogen) atoms. The zero-order valence-electron chi connectivity index (χ0n) is 39.2. The van der Waals surface area contributed by atoms with Crippen molar-refractivity contribution in [3.63, 3.8) is 0 Å². The van der Waals surface area contributed by atoms with E-state index in [1.165, 1.54) is 6.92 Å². The number of nitrogens with zero attached hydrogens (tertiary/aromatic N) is 4. The van der Waals surface area contributed by atoms with Crippen molar-refractivity contribution in [3.8, 4) is 0 Å². The summed E-state index contributed by atoms with van der Waals surface area (Å²) in [5.41, 5.74) is -1.64. The van der Waals surface area contributed by atoms with Crippen molar-refractivity contribution < 1.29 is 52.4 Å². The van der Waals surface area contributed by atoms with Crippen LogP contribution in [0.25, 0.3) is 0 Å². The third-order valence-corrected chi connectivity index (χ3v) is 13.4. The van der Waals surface area contributed by atoms with Gasteiger partial charge in [-0.15, -0.1) is 0 Å². The summed E-state index contributed by atoms with van der Waals surface area (Å²) in [6, 6.07) is 8.80. The first-order valence-corrected chi connectivity index (χ1v) is 21.9. The average molecular weight is 859 g/mol. The molecule has 15 heteroatoms. The van der Waals surface area contributed by atoms with Crippen molar-refractivity contribution >= 4 is 29.7 Å². The number of esters is 2. The SMILES string of the molecule is CC[C@H]1OC(=O)C(C)C(=O)[C@H](C)[C@@H](O[C@@H]2O[C@H](CN(C)C(=O)CN(C)C)CC(N(C)C)[C@H]2C)[C@](C)(OC)C[C@@H](C)CN(C(=O)OCc2ccccc2)[C@H](C)[C@H]2CC(=O)O[C@@]21C. The Balaban J connectivity index is 1.77. The molecule has 1 aromatic rings. The number of ether oxygens (including phenoxy) is 6. The number of hydrogen-bond donors (Lipinski definition) is 0. The van der Waals surface area contributed by atoms with Crippen LogP contribution in [-0.4, -0.2) is 159 Å². The molecule has 2 unspecified atom stereocenters. The van der Waals surface area contributed by atoms with E-state index in [0.29, 0.717) is 25.8 Å². The molecule has 1 aromatic carbocycles. The number of ketones is 1. The zero-order valence-corrected chi connectivity index (χ0v) is 39.2. The van der Waals surface area contributed by atoms with Gasteiger partial charge >= 0.3 is 18.0 Å². The Morgan fingerprint density at radius 3 is 2.21 bits per heavy atom. The summed E-state index contributed by atoms with van der Waals surface area (Å²) in [7, 11) is 11.0. The van der Waals surface area contributed by atoms with E-state index in [1.54, 1.807) is 37.8 Å². The highest BCUT2D eigenvalue weighted by Crippen LogP contribution is 2.44. The molecule has 15 nitrogen and oxygen atoms in total. The molecule has 3 fully saturated rings. The monoisotopic (exact) mass is 859 g/mol. The van der Waals surface area contributed by atoms with Crippen molar-refractivity contribution in [1.29, 1.82) is 0 Å². The number of methoxy groups -OCH3 is 1. The lowest BCUT2D eigenvalue weighted by Gasteiger charge is -2.48. The topological polar surface area (TPSA) is 154 Å². The van der Waals surface area contributed by atoms with Crippen LogP contribution in [0.15, 0.2) is 30.3 Å². The molecule has 0 radical (unpaired) electrons. The lowest BCUT2D eigenvalue weighted by molar-refractivity contribution is -0.284. The second-order valence-corrected chi connectivity index (χ2v) is 18.8. The van der Waals surface area contributed by atoms with E-state index < -0.39 is 77.3 Å². The third kappa shape index (κ3) is 11.9. The molecule has 2 amide bonds. The second-order valence-electron chi connectivity index (χ2n) is 18.8. The summed E-state index contributed by atoms with van der Waals surface area (Å²) in [6.07, 6.45) is -2.36. The number of carbonyl (C=O) groups is 5. The summed E-state index contributed by atoms with van der Waals surface area (Å²) >= 11 is 0. The van der Waals surface area contributed by atoms with Crippen LogP contribution in [0.1, 0.15) is 86.6 Å². The van der Waals surface area contributed by atoms with E-state index in [0.717, 1.165) is 5.56 Å². The molecule has 0 saturated carbocycles. The summed E-state index contributed by atoms with van der Waals surface area (Å²) in [5.74, 6) is -4.77. The van der Waals surface area contributed by atoms with Gasteiger partial charge < -0.3 is 48.0 Å². The van der Waals surface area contributed by atoms with Crippen LogP contribution in [0.5, 0.6) is 0 Å². The Kier molecular flexibility index (Phi) is 17.4. The van der Waals surface area contributed by atoms with Gasteiger partial charge in [0, 0.05) is 57.1 Å². The number of hydrogen-bond acceptors (Lipinski definition) is 13. The fourth-order valence-corrected chi connectivity index (χ4v) is 9.76. The predicted molar refractivity (Wildman–Crippen MR) is 229 cm³/mol. The summed E-state index contributed by atoms with van der Waals surface area (Å²) in [6.45, 7) is 15.5. The van der Waals surface area contributed by atoms with Gasteiger partial charge in [0.1, 0.15) is 18.6 Å². The van der Waals surface area contributed by atoms with E-state index >= 15 is 0 Å². The van der Waals surface area contributed by atoms with Crippen LogP contribution in [0, 0.1) is 29.6 Å². The lowest BCUT2D eigenvalue weighted by Crippen LogP contribution is -2.58. The first-order valence-electron chi connectivity index (χ1n) is 21.9. The van der Waals surface area contributed by atoms with Gasteiger partial charge in [0.2, 0.25) is 5.91 Å². The van der Waals surface area contributed by atoms with Crippen LogP contribution in [0.4, 0.5) is 4.79 Å². The van der Waals surface area contributed by atoms with Gasteiger partial charge in [-0.1, -0.05) is 58.0 Å². The molecular formula is C46H74N4O11. The number of cyclic esters (lactones) is 1. The van der Waals surface area contributed by atoms with Crippen LogP contribution < -0.4 is 0 Å². The molecule has 3 aliphatic heterocycles. The predicted octanol–water partition coefficient (Wildman–Crippen LogP) is 5.03. The van der Waals surface area contributed by atoms with Crippen LogP contribution in [0.2, 0.25) is 0 Å². The largest absolute Gasteiger partial charge is 0.458 e. The van der Waals surface area contributed by atoms with Gasteiger partial charge in [0.15, 0.2) is 17.7 Å². The fourth-order valence-electron chi connectivity index (χ4n) is 9.76. The molecule has 0 aliphatic carbocycles. The summed E-state index contributed by atoms with van der Waals surface area (Å²) in [5, 5.41) is 0. The minimum atomic E-state index is -1.30. The quantitative estimate of drug-likeness (QED) is 0.166. The average Bonchev–Trinajstić information content (AvgIpc) is 3.53. The Morgan fingerprint density at radius 1 is 0.967 bits per heavy atom. The minimum absolute atomic E-state index is 0.00606. The van der Waals surface area contributed by atoms with E-state index in [-0.39, 0.29) is 56.0 Å². The normalized spacial score (nSPS) is 35.5. The third-order valence-electron chi connectivity index (χ3n) is 13.4. The van der Waals surface area contributed by atoms with Crippen molar-refractivity contribution in [2.75, 3.05) is 62.0 Å². The number of fused-ring (bicyclic) bond motifs is 1. The Hall–Kier alpha value is -3.63. The van der Waals surface area contributed by atoms with Crippen molar-refractivity contribution in [3.05, 3.63) is 35.9 Å². The number of carbonyl (C=O) groups excluding carboxylic acids is 5.